The molecule has 0 saturated carbocycles. The molecular weight excluding hydrogens is 164 g/mol. The van der Waals surface area contributed by atoms with Crippen molar-refractivity contribution in [1.82, 2.24) is 9.80 Å². The number of rotatable bonds is 1. The van der Waals surface area contributed by atoms with E-state index in [0.29, 0.717) is 6.04 Å². The van der Waals surface area contributed by atoms with Gasteiger partial charge in [0.2, 0.25) is 0 Å². The lowest BCUT2D eigenvalue weighted by molar-refractivity contribution is 0.0114. The lowest BCUT2D eigenvalue weighted by Crippen LogP contribution is -2.39. The van der Waals surface area contributed by atoms with Gasteiger partial charge in [0, 0.05) is 25.7 Å². The first-order chi connectivity index (χ1) is 6.11. The van der Waals surface area contributed by atoms with Crippen LogP contribution in [0.15, 0.2) is 0 Å². The summed E-state index contributed by atoms with van der Waals surface area (Å²) in [7, 11) is 2.13. The normalized spacial score (nSPS) is 36.9. The third kappa shape index (κ3) is 1.73. The summed E-state index contributed by atoms with van der Waals surface area (Å²) < 4.78 is 5.88. The smallest absolute Gasteiger partial charge is 0.0997 e. The fourth-order valence-corrected chi connectivity index (χ4v) is 2.39. The van der Waals surface area contributed by atoms with Gasteiger partial charge < -0.3 is 4.74 Å². The molecule has 0 aliphatic carbocycles. The van der Waals surface area contributed by atoms with Gasteiger partial charge in [0.05, 0.1) is 12.3 Å². The van der Waals surface area contributed by atoms with Crippen molar-refractivity contribution in [1.29, 1.82) is 0 Å². The maximum absolute atomic E-state index is 5.88. The molecule has 3 nitrogen and oxygen atoms in total. The molecule has 0 aromatic rings. The highest BCUT2D eigenvalue weighted by atomic mass is 16.5. The predicted molar refractivity (Wildman–Crippen MR) is 52.6 cm³/mol. The SMILES string of the molecule is CC(C)N1CCC2(CN(C)CO2)C1. The Bertz CT molecular complexity index is 195. The molecule has 3 heteroatoms. The minimum Gasteiger partial charge on any atom is -0.357 e. The molecule has 13 heavy (non-hydrogen) atoms. The summed E-state index contributed by atoms with van der Waals surface area (Å²) in [5.74, 6) is 0. The zero-order valence-electron chi connectivity index (χ0n) is 8.92. The summed E-state index contributed by atoms with van der Waals surface area (Å²) in [6.07, 6.45) is 1.20. The van der Waals surface area contributed by atoms with Crippen molar-refractivity contribution >= 4 is 0 Å². The quantitative estimate of drug-likeness (QED) is 0.598. The third-order valence-electron chi connectivity index (χ3n) is 3.23. The zero-order valence-corrected chi connectivity index (χ0v) is 8.92. The Labute approximate surface area is 80.6 Å². The summed E-state index contributed by atoms with van der Waals surface area (Å²) in [6.45, 7) is 8.76. The average Bonchev–Trinajstić information content (AvgIpc) is 2.61. The van der Waals surface area contributed by atoms with Crippen LogP contribution < -0.4 is 0 Å². The van der Waals surface area contributed by atoms with Gasteiger partial charge in [-0.05, 0) is 27.3 Å². The molecule has 2 rings (SSSR count). The largest absolute Gasteiger partial charge is 0.357 e. The molecule has 0 amide bonds. The molecule has 2 fully saturated rings. The van der Waals surface area contributed by atoms with E-state index in [9.17, 15) is 0 Å². The first-order valence-electron chi connectivity index (χ1n) is 5.18. The van der Waals surface area contributed by atoms with Gasteiger partial charge in [-0.2, -0.15) is 0 Å². The first kappa shape index (κ1) is 9.44. The highest BCUT2D eigenvalue weighted by Crippen LogP contribution is 2.31. The van der Waals surface area contributed by atoms with Crippen LogP contribution in [-0.2, 0) is 4.74 Å². The van der Waals surface area contributed by atoms with Crippen molar-refractivity contribution in [3.05, 3.63) is 0 Å². The van der Waals surface area contributed by atoms with Gasteiger partial charge in [-0.25, -0.2) is 0 Å². The van der Waals surface area contributed by atoms with Gasteiger partial charge in [-0.15, -0.1) is 0 Å². The van der Waals surface area contributed by atoms with Crippen molar-refractivity contribution in [2.75, 3.05) is 33.4 Å². The molecule has 76 valence electrons. The van der Waals surface area contributed by atoms with Gasteiger partial charge in [0.1, 0.15) is 0 Å². The maximum Gasteiger partial charge on any atom is 0.0997 e. The molecule has 0 aromatic heterocycles. The van der Waals surface area contributed by atoms with Crippen LogP contribution in [0.4, 0.5) is 0 Å². The van der Waals surface area contributed by atoms with Gasteiger partial charge in [0.25, 0.3) is 0 Å². The Kier molecular flexibility index (Phi) is 2.34. The number of hydrogen-bond acceptors (Lipinski definition) is 3. The Hall–Kier alpha value is -0.120. The molecule has 2 aliphatic rings. The van der Waals surface area contributed by atoms with E-state index in [0.717, 1.165) is 19.8 Å². The number of likely N-dealkylation sites (tertiary alicyclic amines) is 1. The molecule has 0 radical (unpaired) electrons. The molecule has 2 saturated heterocycles. The lowest BCUT2D eigenvalue weighted by atomic mass is 10.0. The topological polar surface area (TPSA) is 15.7 Å². The van der Waals surface area contributed by atoms with Gasteiger partial charge in [-0.1, -0.05) is 0 Å². The van der Waals surface area contributed by atoms with Crippen LogP contribution in [0.2, 0.25) is 0 Å². The van der Waals surface area contributed by atoms with Crippen LogP contribution >= 0.6 is 0 Å². The van der Waals surface area contributed by atoms with Crippen LogP contribution in [0.5, 0.6) is 0 Å². The van der Waals surface area contributed by atoms with Crippen molar-refractivity contribution in [2.24, 2.45) is 0 Å². The maximum atomic E-state index is 5.88. The summed E-state index contributed by atoms with van der Waals surface area (Å²) >= 11 is 0. The van der Waals surface area contributed by atoms with E-state index >= 15 is 0 Å². The number of ether oxygens (including phenoxy) is 1. The summed E-state index contributed by atoms with van der Waals surface area (Å²) in [4.78, 5) is 4.78. The van der Waals surface area contributed by atoms with Crippen LogP contribution in [0.1, 0.15) is 20.3 Å². The van der Waals surface area contributed by atoms with Crippen LogP contribution in [-0.4, -0.2) is 54.9 Å². The molecular formula is C10H20N2O. The van der Waals surface area contributed by atoms with Crippen LogP contribution in [0.25, 0.3) is 0 Å². The predicted octanol–water partition coefficient (Wildman–Crippen LogP) is 0.759. The van der Waals surface area contributed by atoms with E-state index in [1.807, 2.05) is 0 Å². The third-order valence-corrected chi connectivity index (χ3v) is 3.23. The highest BCUT2D eigenvalue weighted by Gasteiger charge is 2.44. The fraction of sp³-hybridized carbons (Fsp3) is 1.00. The van der Waals surface area contributed by atoms with Gasteiger partial charge in [0.15, 0.2) is 0 Å². The molecule has 1 atom stereocenters. The molecule has 0 N–H and O–H groups in total. The summed E-state index contributed by atoms with van der Waals surface area (Å²) in [6, 6.07) is 0.661. The molecule has 1 unspecified atom stereocenters. The van der Waals surface area contributed by atoms with Crippen molar-refractivity contribution in [2.45, 2.75) is 31.9 Å². The Morgan fingerprint density at radius 1 is 1.31 bits per heavy atom. The van der Waals surface area contributed by atoms with Crippen molar-refractivity contribution in [3.63, 3.8) is 0 Å². The van der Waals surface area contributed by atoms with Gasteiger partial charge >= 0.3 is 0 Å². The van der Waals surface area contributed by atoms with Crippen LogP contribution in [0, 0.1) is 0 Å². The highest BCUT2D eigenvalue weighted by molar-refractivity contribution is 4.97. The minimum atomic E-state index is 0.166. The molecule has 2 heterocycles. The average molecular weight is 184 g/mol. The fourth-order valence-electron chi connectivity index (χ4n) is 2.39. The number of hydrogen-bond donors (Lipinski definition) is 0. The van der Waals surface area contributed by atoms with E-state index in [2.05, 4.69) is 30.7 Å². The zero-order chi connectivity index (χ0) is 9.47. The second-order valence-corrected chi connectivity index (χ2v) is 4.78. The van der Waals surface area contributed by atoms with E-state index in [1.165, 1.54) is 13.0 Å². The standard InChI is InChI=1S/C10H20N2O/c1-9(2)12-5-4-10(7-12)6-11(3)8-13-10/h9H,4-8H2,1-3H3. The first-order valence-corrected chi connectivity index (χ1v) is 5.18. The summed E-state index contributed by atoms with van der Waals surface area (Å²) in [5.41, 5.74) is 0.166. The Morgan fingerprint density at radius 3 is 2.54 bits per heavy atom. The monoisotopic (exact) mass is 184 g/mol. The van der Waals surface area contributed by atoms with Crippen molar-refractivity contribution in [3.8, 4) is 0 Å². The van der Waals surface area contributed by atoms with Crippen molar-refractivity contribution < 1.29 is 4.74 Å². The molecule has 0 bridgehead atoms. The van der Waals surface area contributed by atoms with Crippen LogP contribution in [0.3, 0.4) is 0 Å². The number of likely N-dealkylation sites (N-methyl/N-ethyl adjacent to an activating group) is 1. The Morgan fingerprint density at radius 2 is 2.08 bits per heavy atom. The van der Waals surface area contributed by atoms with E-state index in [1.54, 1.807) is 0 Å². The second kappa shape index (κ2) is 3.23. The second-order valence-electron chi connectivity index (χ2n) is 4.78. The molecule has 2 aliphatic heterocycles. The van der Waals surface area contributed by atoms with E-state index in [4.69, 9.17) is 4.74 Å². The van der Waals surface area contributed by atoms with E-state index < -0.39 is 0 Å². The van der Waals surface area contributed by atoms with E-state index in [-0.39, 0.29) is 5.60 Å². The van der Waals surface area contributed by atoms with Gasteiger partial charge in [-0.3, -0.25) is 9.80 Å². The summed E-state index contributed by atoms with van der Waals surface area (Å²) in [5, 5.41) is 0. The minimum absolute atomic E-state index is 0.166. The lowest BCUT2D eigenvalue weighted by Gasteiger charge is -2.24. The molecule has 1 spiro atoms. The number of nitrogens with zero attached hydrogens (tertiary/aromatic N) is 2. The Balaban J connectivity index is 1.97. The molecule has 0 aromatic carbocycles.